The van der Waals surface area contributed by atoms with Crippen LogP contribution in [0.5, 0.6) is 0 Å². The molecule has 4 nitrogen and oxygen atoms in total. The number of benzene rings is 7. The highest BCUT2D eigenvalue weighted by Crippen LogP contribution is 2.37. The molecule has 0 aliphatic heterocycles. The van der Waals surface area contributed by atoms with Gasteiger partial charge in [-0.15, -0.1) is 0 Å². The van der Waals surface area contributed by atoms with E-state index in [-0.39, 0.29) is 6.04 Å². The number of furan rings is 1. The lowest BCUT2D eigenvalue weighted by Gasteiger charge is -2.11. The van der Waals surface area contributed by atoms with Crippen LogP contribution in [-0.2, 0) is 0 Å². The van der Waals surface area contributed by atoms with Crippen LogP contribution < -0.4 is 0 Å². The van der Waals surface area contributed by atoms with Crippen molar-refractivity contribution in [2.75, 3.05) is 0 Å². The van der Waals surface area contributed by atoms with E-state index in [9.17, 15) is 0 Å². The Balaban J connectivity index is 1.29. The van der Waals surface area contributed by atoms with Crippen LogP contribution in [0.15, 0.2) is 156 Å². The summed E-state index contributed by atoms with van der Waals surface area (Å²) < 4.78 is 23.5. The quantitative estimate of drug-likeness (QED) is 0.209. The van der Waals surface area contributed by atoms with Crippen molar-refractivity contribution in [3.05, 3.63) is 152 Å². The van der Waals surface area contributed by atoms with Gasteiger partial charge in [0.05, 0.1) is 2.74 Å². The Kier molecular flexibility index (Phi) is 5.32. The van der Waals surface area contributed by atoms with E-state index < -0.39 is 0 Å². The molecule has 2 aromatic heterocycles. The van der Waals surface area contributed by atoms with Gasteiger partial charge in [-0.25, -0.2) is 15.0 Å². The van der Waals surface area contributed by atoms with Crippen LogP contribution in [0.1, 0.15) is 2.74 Å². The van der Waals surface area contributed by atoms with E-state index in [4.69, 9.17) is 22.1 Å². The molecule has 0 atom stereocenters. The lowest BCUT2D eigenvalue weighted by molar-refractivity contribution is 0.669. The number of fused-ring (bicyclic) bond motifs is 5. The van der Waals surface area contributed by atoms with Crippen molar-refractivity contribution < 1.29 is 7.16 Å². The molecular formula is C41H25N3O. The Morgan fingerprint density at radius 3 is 1.87 bits per heavy atom. The number of hydrogen-bond acceptors (Lipinski definition) is 4. The van der Waals surface area contributed by atoms with Gasteiger partial charge >= 0.3 is 0 Å². The van der Waals surface area contributed by atoms with E-state index in [0.29, 0.717) is 45.6 Å². The predicted octanol–water partition coefficient (Wildman–Crippen LogP) is 10.7. The van der Waals surface area contributed by atoms with Crippen LogP contribution in [0, 0.1) is 0 Å². The van der Waals surface area contributed by atoms with Crippen LogP contribution >= 0.6 is 0 Å². The Hall–Kier alpha value is -6.13. The van der Waals surface area contributed by atoms with Gasteiger partial charge in [0.25, 0.3) is 0 Å². The molecule has 9 aromatic rings. The summed E-state index contributed by atoms with van der Waals surface area (Å²) >= 11 is 0. The molecule has 7 aromatic carbocycles. The molecule has 2 heterocycles. The number of nitrogens with zero attached hydrogens (tertiary/aromatic N) is 3. The fraction of sp³-hybridized carbons (Fsp3) is 0. The summed E-state index contributed by atoms with van der Waals surface area (Å²) in [6.07, 6.45) is 0. The second-order valence-electron chi connectivity index (χ2n) is 11.1. The Bertz CT molecular complexity index is 2670. The van der Waals surface area contributed by atoms with Gasteiger partial charge in [-0.1, -0.05) is 121 Å². The number of para-hydroxylation sites is 1. The summed E-state index contributed by atoms with van der Waals surface area (Å²) in [4.78, 5) is 15.1. The van der Waals surface area contributed by atoms with Crippen molar-refractivity contribution >= 4 is 43.5 Å². The maximum atomic E-state index is 9.04. The second-order valence-corrected chi connectivity index (χ2v) is 11.1. The highest BCUT2D eigenvalue weighted by atomic mass is 16.3. The summed E-state index contributed by atoms with van der Waals surface area (Å²) in [6, 6.07) is 46.9. The van der Waals surface area contributed by atoms with Crippen molar-refractivity contribution in [3.63, 3.8) is 0 Å². The summed E-state index contributed by atoms with van der Waals surface area (Å²) in [5, 5.41) is 5.87. The molecule has 45 heavy (non-hydrogen) atoms. The fourth-order valence-corrected chi connectivity index (χ4v) is 6.10. The highest BCUT2D eigenvalue weighted by Gasteiger charge is 2.18. The minimum absolute atomic E-state index is 0.267. The lowest BCUT2D eigenvalue weighted by atomic mass is 9.99. The van der Waals surface area contributed by atoms with Crippen molar-refractivity contribution in [1.82, 2.24) is 15.0 Å². The third kappa shape index (κ3) is 4.43. The van der Waals surface area contributed by atoms with E-state index >= 15 is 0 Å². The molecular weight excluding hydrogens is 550 g/mol. The van der Waals surface area contributed by atoms with Gasteiger partial charge in [-0.3, -0.25) is 0 Å². The smallest absolute Gasteiger partial charge is 0.164 e. The van der Waals surface area contributed by atoms with Crippen molar-refractivity contribution in [3.8, 4) is 45.3 Å². The minimum Gasteiger partial charge on any atom is -0.456 e. The summed E-state index contributed by atoms with van der Waals surface area (Å²) in [7, 11) is 0. The molecule has 0 bridgehead atoms. The molecule has 0 aliphatic carbocycles. The first kappa shape index (κ1) is 23.3. The highest BCUT2D eigenvalue weighted by molar-refractivity contribution is 6.11. The van der Waals surface area contributed by atoms with E-state index in [0.717, 1.165) is 49.2 Å². The molecule has 0 unspecified atom stereocenters. The molecule has 0 saturated heterocycles. The number of aromatic nitrogens is 3. The maximum Gasteiger partial charge on any atom is 0.164 e. The van der Waals surface area contributed by atoms with E-state index in [1.54, 1.807) is 30.3 Å². The third-order valence-corrected chi connectivity index (χ3v) is 8.34. The molecule has 0 spiro atoms. The molecule has 0 saturated carbocycles. The monoisotopic (exact) mass is 577 g/mol. The predicted molar refractivity (Wildman–Crippen MR) is 184 cm³/mol. The maximum absolute atomic E-state index is 9.04. The zero-order valence-electron chi connectivity index (χ0n) is 26.0. The van der Waals surface area contributed by atoms with Gasteiger partial charge < -0.3 is 4.42 Å². The average molecular weight is 578 g/mol. The van der Waals surface area contributed by atoms with Crippen LogP contribution in [0.3, 0.4) is 0 Å². The molecule has 0 N–H and O–H groups in total. The molecule has 210 valence electrons. The van der Waals surface area contributed by atoms with Crippen molar-refractivity contribution in [2.24, 2.45) is 0 Å². The topological polar surface area (TPSA) is 51.8 Å². The molecule has 0 amide bonds. The lowest BCUT2D eigenvalue weighted by Crippen LogP contribution is -2.00. The van der Waals surface area contributed by atoms with Gasteiger partial charge in [-0.2, -0.15) is 0 Å². The van der Waals surface area contributed by atoms with Gasteiger partial charge in [0.15, 0.2) is 17.5 Å². The van der Waals surface area contributed by atoms with E-state index in [1.165, 1.54) is 0 Å². The fourth-order valence-electron chi connectivity index (χ4n) is 6.10. The molecule has 9 rings (SSSR count). The Labute approximate surface area is 262 Å². The first-order valence-corrected chi connectivity index (χ1v) is 14.9. The van der Waals surface area contributed by atoms with E-state index in [1.807, 2.05) is 42.5 Å². The summed E-state index contributed by atoms with van der Waals surface area (Å²) in [5.74, 6) is 1.40. The van der Waals surface area contributed by atoms with Crippen LogP contribution in [0.4, 0.5) is 0 Å². The van der Waals surface area contributed by atoms with E-state index in [2.05, 4.69) is 66.7 Å². The molecule has 0 radical (unpaired) electrons. The van der Waals surface area contributed by atoms with Crippen molar-refractivity contribution in [2.45, 2.75) is 0 Å². The van der Waals surface area contributed by atoms with Gasteiger partial charge in [0, 0.05) is 27.5 Å². The normalized spacial score (nSPS) is 12.2. The molecule has 0 fully saturated rings. The number of hydrogen-bond donors (Lipinski definition) is 0. The molecule has 4 heteroatoms. The van der Waals surface area contributed by atoms with Gasteiger partial charge in [0.2, 0.25) is 0 Å². The second kappa shape index (κ2) is 10.2. The number of rotatable bonds is 4. The molecule has 0 aliphatic rings. The zero-order valence-corrected chi connectivity index (χ0v) is 24.0. The first-order valence-electron chi connectivity index (χ1n) is 15.9. The largest absolute Gasteiger partial charge is 0.456 e. The van der Waals surface area contributed by atoms with Gasteiger partial charge in [0.1, 0.15) is 11.2 Å². The van der Waals surface area contributed by atoms with Crippen LogP contribution in [-0.4, -0.2) is 15.0 Å². The first-order chi connectivity index (χ1) is 23.1. The standard InChI is InChI=1S/C41H25N3O/c1-2-9-26(10-3-1)30-20-17-28-19-22-32(25-33(28)24-30)40-42-39(31-21-18-27-11-4-5-12-29(27)23-31)43-41(44-40)35-14-8-16-37-38(35)34-13-6-7-15-36(34)45-37/h1-25H/i6D,14D. The Morgan fingerprint density at radius 2 is 1.07 bits per heavy atom. The SMILES string of the molecule is [2H]c1ccc2oc3ccc([2H])c(-c4nc(-c5ccc6ccccc6c5)nc(-c5ccc6ccc(-c7ccccc7)cc6c5)n4)c3c2c1. The average Bonchev–Trinajstić information content (AvgIpc) is 3.48. The third-order valence-electron chi connectivity index (χ3n) is 8.34. The summed E-state index contributed by atoms with van der Waals surface area (Å²) in [6.45, 7) is 0. The Morgan fingerprint density at radius 1 is 0.444 bits per heavy atom. The minimum atomic E-state index is 0.267. The van der Waals surface area contributed by atoms with Gasteiger partial charge in [-0.05, 0) is 63.0 Å². The van der Waals surface area contributed by atoms with Crippen LogP contribution in [0.2, 0.25) is 0 Å². The van der Waals surface area contributed by atoms with Crippen molar-refractivity contribution in [1.29, 1.82) is 0 Å². The summed E-state index contributed by atoms with van der Waals surface area (Å²) in [5.41, 5.74) is 5.79. The zero-order chi connectivity index (χ0) is 31.5. The van der Waals surface area contributed by atoms with Crippen LogP contribution in [0.25, 0.3) is 88.8 Å².